The zero-order chi connectivity index (χ0) is 17.4. The maximum atomic E-state index is 11.5. The molecular formula is C20H15N3O2. The van der Waals surface area contributed by atoms with Gasteiger partial charge in [-0.3, -0.25) is 4.79 Å². The number of aromatic hydroxyl groups is 1. The van der Waals surface area contributed by atoms with Crippen LogP contribution in [-0.2, 0) is 0 Å². The number of benzene rings is 2. The lowest BCUT2D eigenvalue weighted by molar-refractivity contribution is 0.112. The first-order chi connectivity index (χ1) is 12.2. The van der Waals surface area contributed by atoms with E-state index in [4.69, 9.17) is 0 Å². The van der Waals surface area contributed by atoms with Crippen molar-refractivity contribution in [3.63, 3.8) is 0 Å². The van der Waals surface area contributed by atoms with Crippen LogP contribution in [-0.4, -0.2) is 26.2 Å². The van der Waals surface area contributed by atoms with Crippen LogP contribution in [0.1, 0.15) is 15.9 Å². The molecule has 5 heteroatoms. The van der Waals surface area contributed by atoms with E-state index in [9.17, 15) is 9.90 Å². The quantitative estimate of drug-likeness (QED) is 0.579. The van der Waals surface area contributed by atoms with E-state index in [2.05, 4.69) is 10.1 Å². The standard InChI is InChI=1S/C20H15N3O2/c1-13-10-19(21-18-5-3-2-4-17(13)18)23-11-15(12-24)20(22-23)14-6-8-16(25)9-7-14/h2-12,25H,1H3. The number of aryl methyl sites for hydroxylation is 1. The Morgan fingerprint density at radius 2 is 1.84 bits per heavy atom. The van der Waals surface area contributed by atoms with Crippen LogP contribution in [0, 0.1) is 6.92 Å². The van der Waals surface area contributed by atoms with E-state index in [1.807, 2.05) is 37.3 Å². The molecule has 0 amide bonds. The predicted molar refractivity (Wildman–Crippen MR) is 96.1 cm³/mol. The van der Waals surface area contributed by atoms with Gasteiger partial charge >= 0.3 is 0 Å². The Kier molecular flexibility index (Phi) is 3.54. The van der Waals surface area contributed by atoms with E-state index >= 15 is 0 Å². The van der Waals surface area contributed by atoms with Gasteiger partial charge < -0.3 is 5.11 Å². The minimum absolute atomic E-state index is 0.169. The molecule has 0 aliphatic carbocycles. The molecule has 25 heavy (non-hydrogen) atoms. The number of para-hydroxylation sites is 1. The fourth-order valence-corrected chi connectivity index (χ4v) is 2.88. The number of aromatic nitrogens is 3. The molecule has 5 nitrogen and oxygen atoms in total. The summed E-state index contributed by atoms with van der Waals surface area (Å²) in [6.07, 6.45) is 2.45. The van der Waals surface area contributed by atoms with Crippen molar-refractivity contribution in [2.24, 2.45) is 0 Å². The van der Waals surface area contributed by atoms with Crippen molar-refractivity contribution in [2.45, 2.75) is 6.92 Å². The van der Waals surface area contributed by atoms with E-state index < -0.39 is 0 Å². The number of hydrogen-bond acceptors (Lipinski definition) is 4. The molecule has 2 aromatic heterocycles. The summed E-state index contributed by atoms with van der Waals surface area (Å²) >= 11 is 0. The van der Waals surface area contributed by atoms with Crippen LogP contribution < -0.4 is 0 Å². The molecule has 0 unspecified atom stereocenters. The number of phenolic OH excluding ortho intramolecular Hbond substituents is 1. The number of rotatable bonds is 3. The monoisotopic (exact) mass is 329 g/mol. The number of pyridine rings is 1. The maximum absolute atomic E-state index is 11.5. The van der Waals surface area contributed by atoms with E-state index in [0.717, 1.165) is 28.3 Å². The highest BCUT2D eigenvalue weighted by atomic mass is 16.3. The Hall–Kier alpha value is -3.47. The highest BCUT2D eigenvalue weighted by Crippen LogP contribution is 2.25. The third-order valence-electron chi connectivity index (χ3n) is 4.15. The third kappa shape index (κ3) is 2.65. The molecule has 4 aromatic rings. The predicted octanol–water partition coefficient (Wildman–Crippen LogP) is 3.91. The van der Waals surface area contributed by atoms with E-state index in [1.165, 1.54) is 0 Å². The topological polar surface area (TPSA) is 68.0 Å². The van der Waals surface area contributed by atoms with Crippen LogP contribution >= 0.6 is 0 Å². The maximum Gasteiger partial charge on any atom is 0.154 e. The molecule has 0 spiro atoms. The number of aldehydes is 1. The van der Waals surface area contributed by atoms with Gasteiger partial charge in [-0.2, -0.15) is 5.10 Å². The van der Waals surface area contributed by atoms with Gasteiger partial charge in [0.05, 0.1) is 11.1 Å². The SMILES string of the molecule is Cc1cc(-n2cc(C=O)c(-c3ccc(O)cc3)n2)nc2ccccc12. The number of hydrogen-bond donors (Lipinski definition) is 1. The number of fused-ring (bicyclic) bond motifs is 1. The van der Waals surface area contributed by atoms with Crippen molar-refractivity contribution >= 4 is 17.2 Å². The van der Waals surface area contributed by atoms with Crippen molar-refractivity contribution in [3.8, 4) is 22.8 Å². The van der Waals surface area contributed by atoms with Crippen LogP contribution in [0.4, 0.5) is 0 Å². The largest absolute Gasteiger partial charge is 0.508 e. The summed E-state index contributed by atoms with van der Waals surface area (Å²) in [5.41, 5.74) is 3.76. The van der Waals surface area contributed by atoms with Crippen molar-refractivity contribution < 1.29 is 9.90 Å². The Labute approximate surface area is 144 Å². The highest BCUT2D eigenvalue weighted by Gasteiger charge is 2.13. The molecule has 0 saturated carbocycles. The highest BCUT2D eigenvalue weighted by molar-refractivity contribution is 5.86. The number of carbonyl (C=O) groups is 1. The van der Waals surface area contributed by atoms with Crippen LogP contribution in [0.25, 0.3) is 28.0 Å². The van der Waals surface area contributed by atoms with Gasteiger partial charge in [0, 0.05) is 17.1 Å². The minimum Gasteiger partial charge on any atom is -0.508 e. The van der Waals surface area contributed by atoms with Gasteiger partial charge in [-0.1, -0.05) is 18.2 Å². The van der Waals surface area contributed by atoms with Crippen LogP contribution in [0.15, 0.2) is 60.8 Å². The third-order valence-corrected chi connectivity index (χ3v) is 4.15. The normalized spacial score (nSPS) is 10.9. The van der Waals surface area contributed by atoms with Crippen molar-refractivity contribution in [1.82, 2.24) is 14.8 Å². The molecule has 0 atom stereocenters. The lowest BCUT2D eigenvalue weighted by Gasteiger charge is -2.06. The average molecular weight is 329 g/mol. The summed E-state index contributed by atoms with van der Waals surface area (Å²) in [5, 5.41) is 15.1. The fourth-order valence-electron chi connectivity index (χ4n) is 2.88. The summed E-state index contributed by atoms with van der Waals surface area (Å²) in [4.78, 5) is 16.1. The van der Waals surface area contributed by atoms with Crippen LogP contribution in [0.2, 0.25) is 0 Å². The minimum atomic E-state index is 0.169. The van der Waals surface area contributed by atoms with Gasteiger partial charge in [-0.05, 0) is 48.9 Å². The molecule has 0 aliphatic heterocycles. The smallest absolute Gasteiger partial charge is 0.154 e. The molecule has 2 aromatic carbocycles. The molecule has 0 fully saturated rings. The van der Waals surface area contributed by atoms with E-state index in [-0.39, 0.29) is 5.75 Å². The van der Waals surface area contributed by atoms with E-state index in [0.29, 0.717) is 17.1 Å². The molecule has 2 heterocycles. The van der Waals surface area contributed by atoms with Gasteiger partial charge in [0.2, 0.25) is 0 Å². The van der Waals surface area contributed by atoms with Crippen molar-refractivity contribution in [3.05, 3.63) is 71.9 Å². The van der Waals surface area contributed by atoms with Crippen molar-refractivity contribution in [1.29, 1.82) is 0 Å². The second-order valence-electron chi connectivity index (χ2n) is 5.86. The molecule has 1 N–H and O–H groups in total. The van der Waals surface area contributed by atoms with Crippen molar-refractivity contribution in [2.75, 3.05) is 0 Å². The Balaban J connectivity index is 1.87. The van der Waals surface area contributed by atoms with Gasteiger partial charge in [0.15, 0.2) is 12.1 Å². The van der Waals surface area contributed by atoms with Gasteiger partial charge in [0.1, 0.15) is 11.4 Å². The molecule has 4 rings (SSSR count). The zero-order valence-corrected chi connectivity index (χ0v) is 13.5. The Morgan fingerprint density at radius 1 is 1.08 bits per heavy atom. The molecule has 0 saturated heterocycles. The number of phenols is 1. The van der Waals surface area contributed by atoms with Gasteiger partial charge in [-0.15, -0.1) is 0 Å². The van der Waals surface area contributed by atoms with E-state index in [1.54, 1.807) is 35.1 Å². The second kappa shape index (κ2) is 5.87. The Bertz CT molecular complexity index is 1080. The lowest BCUT2D eigenvalue weighted by atomic mass is 10.1. The Morgan fingerprint density at radius 3 is 2.60 bits per heavy atom. The molecule has 122 valence electrons. The first kappa shape index (κ1) is 15.1. The van der Waals surface area contributed by atoms with Crippen LogP contribution in [0.5, 0.6) is 5.75 Å². The molecule has 0 bridgehead atoms. The number of carbonyl (C=O) groups excluding carboxylic acids is 1. The first-order valence-corrected chi connectivity index (χ1v) is 7.87. The zero-order valence-electron chi connectivity index (χ0n) is 13.5. The second-order valence-corrected chi connectivity index (χ2v) is 5.86. The summed E-state index contributed by atoms with van der Waals surface area (Å²) in [6.45, 7) is 2.03. The first-order valence-electron chi connectivity index (χ1n) is 7.87. The summed E-state index contributed by atoms with van der Waals surface area (Å²) < 4.78 is 1.62. The van der Waals surface area contributed by atoms with Crippen LogP contribution in [0.3, 0.4) is 0 Å². The molecular weight excluding hydrogens is 314 g/mol. The molecule has 0 radical (unpaired) electrons. The average Bonchev–Trinajstić information content (AvgIpc) is 3.07. The van der Waals surface area contributed by atoms with Gasteiger partial charge in [-0.25, -0.2) is 9.67 Å². The summed E-state index contributed by atoms with van der Waals surface area (Å²) in [7, 11) is 0. The fraction of sp³-hybridized carbons (Fsp3) is 0.0500. The van der Waals surface area contributed by atoms with Gasteiger partial charge in [0.25, 0.3) is 0 Å². The summed E-state index contributed by atoms with van der Waals surface area (Å²) in [6, 6.07) is 16.5. The molecule has 0 aliphatic rings. The summed E-state index contributed by atoms with van der Waals surface area (Å²) in [5.74, 6) is 0.826. The lowest BCUT2D eigenvalue weighted by Crippen LogP contribution is -1.99. The number of nitrogens with zero attached hydrogens (tertiary/aromatic N) is 3.